The van der Waals surface area contributed by atoms with Crippen LogP contribution in [-0.4, -0.2) is 67.4 Å². The van der Waals surface area contributed by atoms with Crippen LogP contribution in [0.25, 0.3) is 0 Å². The van der Waals surface area contributed by atoms with Crippen molar-refractivity contribution in [3.05, 3.63) is 0 Å². The Balaban J connectivity index is 2.34. The Hall–Kier alpha value is -0.930. The summed E-state index contributed by atoms with van der Waals surface area (Å²) in [5.41, 5.74) is 8.12. The van der Waals surface area contributed by atoms with Gasteiger partial charge in [-0.15, -0.1) is 0 Å². The minimum Gasteiger partial charge on any atom is -0.444 e. The Bertz CT molecular complexity index is 299. The number of nitrogens with two attached hydrogens (primary N) is 1. The summed E-state index contributed by atoms with van der Waals surface area (Å²) in [5, 5.41) is 0. The largest absolute Gasteiger partial charge is 0.444 e. The number of hydrazine groups is 2. The van der Waals surface area contributed by atoms with E-state index < -0.39 is 5.60 Å². The zero-order valence-corrected chi connectivity index (χ0v) is 12.9. The number of hydrogen-bond acceptors (Lipinski definition) is 7. The van der Waals surface area contributed by atoms with E-state index in [1.165, 1.54) is 0 Å². The van der Waals surface area contributed by atoms with Gasteiger partial charge in [0, 0.05) is 32.7 Å². The molecule has 0 saturated carbocycles. The van der Waals surface area contributed by atoms with Crippen molar-refractivity contribution < 1.29 is 9.53 Å². The first-order valence-corrected chi connectivity index (χ1v) is 6.94. The van der Waals surface area contributed by atoms with E-state index in [2.05, 4.69) is 21.2 Å². The number of amides is 1. The van der Waals surface area contributed by atoms with Gasteiger partial charge in [0.1, 0.15) is 5.60 Å². The standard InChI is InChI=1S/C12H28N6O2/c1-12(2,3)20-11(19)18-7-5-17(6-8-18)9-10(15-13)16-14-4/h10,14-16H,5-9,13H2,1-4H3. The number of hydrogen-bond donors (Lipinski definition) is 4. The van der Waals surface area contributed by atoms with Gasteiger partial charge in [-0.1, -0.05) is 0 Å². The van der Waals surface area contributed by atoms with Crippen LogP contribution < -0.4 is 22.1 Å². The second kappa shape index (κ2) is 7.75. The van der Waals surface area contributed by atoms with Crippen LogP contribution >= 0.6 is 0 Å². The van der Waals surface area contributed by atoms with Crippen LogP contribution in [0.4, 0.5) is 4.79 Å². The van der Waals surface area contributed by atoms with E-state index in [9.17, 15) is 4.79 Å². The molecule has 1 atom stereocenters. The maximum Gasteiger partial charge on any atom is 0.410 e. The zero-order chi connectivity index (χ0) is 15.2. The maximum absolute atomic E-state index is 11.9. The molecule has 1 heterocycles. The minimum absolute atomic E-state index is 0.0342. The number of nitrogens with one attached hydrogen (secondary N) is 3. The topological polar surface area (TPSA) is 94.9 Å². The highest BCUT2D eigenvalue weighted by Gasteiger charge is 2.26. The fourth-order valence-electron chi connectivity index (χ4n) is 2.01. The molecule has 1 aliphatic rings. The lowest BCUT2D eigenvalue weighted by Crippen LogP contribution is -2.59. The van der Waals surface area contributed by atoms with Crippen LogP contribution in [0.1, 0.15) is 20.8 Å². The molecule has 0 radical (unpaired) electrons. The van der Waals surface area contributed by atoms with Gasteiger partial charge in [-0.05, 0) is 27.8 Å². The van der Waals surface area contributed by atoms with E-state index in [0.29, 0.717) is 13.1 Å². The molecular formula is C12H28N6O2. The third kappa shape index (κ3) is 6.02. The van der Waals surface area contributed by atoms with Gasteiger partial charge in [0.25, 0.3) is 0 Å². The van der Waals surface area contributed by atoms with E-state index in [1.807, 2.05) is 20.8 Å². The lowest BCUT2D eigenvalue weighted by Gasteiger charge is -2.36. The molecule has 0 aliphatic carbocycles. The SMILES string of the molecule is CNNC(CN1CCN(C(=O)OC(C)(C)C)CC1)NN. The van der Waals surface area contributed by atoms with Crippen LogP contribution in [0.5, 0.6) is 0 Å². The number of piperazine rings is 1. The summed E-state index contributed by atoms with van der Waals surface area (Å²) in [5.74, 6) is 5.46. The Morgan fingerprint density at radius 2 is 1.90 bits per heavy atom. The van der Waals surface area contributed by atoms with Crippen molar-refractivity contribution in [2.75, 3.05) is 39.8 Å². The first-order valence-electron chi connectivity index (χ1n) is 6.94. The summed E-state index contributed by atoms with van der Waals surface area (Å²) in [7, 11) is 1.80. The lowest BCUT2D eigenvalue weighted by molar-refractivity contribution is 0.0134. The molecule has 118 valence electrons. The highest BCUT2D eigenvalue weighted by molar-refractivity contribution is 5.68. The molecule has 1 unspecified atom stereocenters. The van der Waals surface area contributed by atoms with Crippen LogP contribution in [0, 0.1) is 0 Å². The molecule has 0 bridgehead atoms. The molecule has 1 rings (SSSR count). The molecule has 20 heavy (non-hydrogen) atoms. The van der Waals surface area contributed by atoms with E-state index in [1.54, 1.807) is 11.9 Å². The van der Waals surface area contributed by atoms with Crippen LogP contribution in [-0.2, 0) is 4.74 Å². The average molecular weight is 288 g/mol. The summed E-state index contributed by atoms with van der Waals surface area (Å²) >= 11 is 0. The highest BCUT2D eigenvalue weighted by atomic mass is 16.6. The van der Waals surface area contributed by atoms with Gasteiger partial charge in [0.2, 0.25) is 0 Å². The van der Waals surface area contributed by atoms with Crippen molar-refractivity contribution in [3.63, 3.8) is 0 Å². The van der Waals surface area contributed by atoms with Gasteiger partial charge >= 0.3 is 6.09 Å². The smallest absolute Gasteiger partial charge is 0.410 e. The molecule has 1 amide bonds. The summed E-state index contributed by atoms with van der Waals surface area (Å²) in [6, 6.07) is 0. The summed E-state index contributed by atoms with van der Waals surface area (Å²) in [6.45, 7) is 9.36. The first-order chi connectivity index (χ1) is 9.35. The third-order valence-electron chi connectivity index (χ3n) is 2.98. The van der Waals surface area contributed by atoms with Gasteiger partial charge < -0.3 is 9.64 Å². The van der Waals surface area contributed by atoms with E-state index >= 15 is 0 Å². The summed E-state index contributed by atoms with van der Waals surface area (Å²) < 4.78 is 5.37. The van der Waals surface area contributed by atoms with Crippen LogP contribution in [0.3, 0.4) is 0 Å². The number of carbonyl (C=O) groups is 1. The predicted octanol–water partition coefficient (Wildman–Crippen LogP) is -0.947. The van der Waals surface area contributed by atoms with E-state index in [0.717, 1.165) is 19.6 Å². The Kier molecular flexibility index (Phi) is 6.63. The molecule has 0 spiro atoms. The van der Waals surface area contributed by atoms with Crippen molar-refractivity contribution in [1.82, 2.24) is 26.1 Å². The van der Waals surface area contributed by atoms with E-state index in [4.69, 9.17) is 10.6 Å². The summed E-state index contributed by atoms with van der Waals surface area (Å²) in [4.78, 5) is 15.9. The summed E-state index contributed by atoms with van der Waals surface area (Å²) in [6.07, 6.45) is -0.271. The van der Waals surface area contributed by atoms with Gasteiger partial charge in [-0.25, -0.2) is 15.6 Å². The zero-order valence-electron chi connectivity index (χ0n) is 12.9. The van der Waals surface area contributed by atoms with Crippen molar-refractivity contribution in [2.45, 2.75) is 32.5 Å². The van der Waals surface area contributed by atoms with Crippen LogP contribution in [0.2, 0.25) is 0 Å². The number of carbonyl (C=O) groups excluding carboxylic acids is 1. The number of ether oxygens (including phenoxy) is 1. The molecule has 1 saturated heterocycles. The minimum atomic E-state index is -0.445. The van der Waals surface area contributed by atoms with Crippen molar-refractivity contribution in [1.29, 1.82) is 0 Å². The second-order valence-electron chi connectivity index (χ2n) is 5.88. The second-order valence-corrected chi connectivity index (χ2v) is 5.88. The Labute approximate surface area is 120 Å². The van der Waals surface area contributed by atoms with Crippen molar-refractivity contribution >= 4 is 6.09 Å². The molecule has 5 N–H and O–H groups in total. The average Bonchev–Trinajstić information content (AvgIpc) is 2.37. The molecule has 0 aromatic rings. The van der Waals surface area contributed by atoms with Gasteiger partial charge in [0.15, 0.2) is 0 Å². The normalized spacial score (nSPS) is 18.9. The fraction of sp³-hybridized carbons (Fsp3) is 0.917. The van der Waals surface area contributed by atoms with Crippen molar-refractivity contribution in [3.8, 4) is 0 Å². The molecule has 1 aliphatic heterocycles. The third-order valence-corrected chi connectivity index (χ3v) is 2.98. The van der Waals surface area contributed by atoms with E-state index in [-0.39, 0.29) is 12.3 Å². The monoisotopic (exact) mass is 288 g/mol. The molecule has 8 nitrogen and oxygen atoms in total. The quantitative estimate of drug-likeness (QED) is 0.294. The van der Waals surface area contributed by atoms with Gasteiger partial charge in [0.05, 0.1) is 6.17 Å². The lowest BCUT2D eigenvalue weighted by atomic mass is 10.2. The molecule has 0 aromatic heterocycles. The number of nitrogens with zero attached hydrogens (tertiary/aromatic N) is 2. The van der Waals surface area contributed by atoms with Crippen LogP contribution in [0.15, 0.2) is 0 Å². The van der Waals surface area contributed by atoms with Gasteiger partial charge in [-0.3, -0.25) is 16.2 Å². The maximum atomic E-state index is 11.9. The Morgan fingerprint density at radius 3 is 2.35 bits per heavy atom. The number of rotatable bonds is 5. The Morgan fingerprint density at radius 1 is 1.30 bits per heavy atom. The molecule has 8 heteroatoms. The van der Waals surface area contributed by atoms with Crippen molar-refractivity contribution in [2.24, 2.45) is 5.84 Å². The molecule has 0 aromatic carbocycles. The fourth-order valence-corrected chi connectivity index (χ4v) is 2.01. The first kappa shape index (κ1) is 17.1. The predicted molar refractivity (Wildman–Crippen MR) is 77.6 cm³/mol. The van der Waals surface area contributed by atoms with Gasteiger partial charge in [-0.2, -0.15) is 0 Å². The molecule has 1 fully saturated rings. The highest BCUT2D eigenvalue weighted by Crippen LogP contribution is 2.11. The molecular weight excluding hydrogens is 260 g/mol.